The zero-order valence-corrected chi connectivity index (χ0v) is 11.5. The first kappa shape index (κ1) is 13.6. The second kappa shape index (κ2) is 5.41. The molecule has 0 aliphatic rings. The van der Waals surface area contributed by atoms with Crippen LogP contribution in [0.5, 0.6) is 0 Å². The van der Waals surface area contributed by atoms with E-state index in [-0.39, 0.29) is 11.5 Å². The lowest BCUT2D eigenvalue weighted by atomic mass is 10.0. The minimum absolute atomic E-state index is 0.0357. The van der Waals surface area contributed by atoms with Gasteiger partial charge in [0.2, 0.25) is 0 Å². The summed E-state index contributed by atoms with van der Waals surface area (Å²) in [6, 6.07) is 10.7. The van der Waals surface area contributed by atoms with E-state index in [9.17, 15) is 4.79 Å². The number of aromatic nitrogens is 1. The molecule has 0 aliphatic carbocycles. The fourth-order valence-corrected chi connectivity index (χ4v) is 2.15. The van der Waals surface area contributed by atoms with E-state index in [1.807, 2.05) is 32.0 Å². The van der Waals surface area contributed by atoms with Crippen molar-refractivity contribution in [2.24, 2.45) is 0 Å². The molecular weight excluding hydrogens is 262 g/mol. The summed E-state index contributed by atoms with van der Waals surface area (Å²) in [5.74, 6) is -0.921. The van der Waals surface area contributed by atoms with Crippen molar-refractivity contribution in [3.05, 3.63) is 52.7 Å². The zero-order valence-electron chi connectivity index (χ0n) is 10.7. The minimum Gasteiger partial charge on any atom is -0.478 e. The monoisotopic (exact) mass is 275 g/mol. The SMILES string of the molecule is CC(C)c1nc(-c2ccccc2Cl)ccc1C(=O)O. The second-order valence-electron chi connectivity index (χ2n) is 4.57. The third-order valence-corrected chi connectivity index (χ3v) is 3.18. The summed E-state index contributed by atoms with van der Waals surface area (Å²) in [5.41, 5.74) is 2.32. The summed E-state index contributed by atoms with van der Waals surface area (Å²) >= 11 is 6.14. The molecule has 0 atom stereocenters. The summed E-state index contributed by atoms with van der Waals surface area (Å²) in [6.07, 6.45) is 0. The van der Waals surface area contributed by atoms with E-state index in [1.54, 1.807) is 18.2 Å². The van der Waals surface area contributed by atoms with Gasteiger partial charge in [0.15, 0.2) is 0 Å². The number of carboxylic acid groups (broad SMARTS) is 1. The van der Waals surface area contributed by atoms with Crippen LogP contribution in [-0.4, -0.2) is 16.1 Å². The average Bonchev–Trinajstić information content (AvgIpc) is 2.38. The van der Waals surface area contributed by atoms with Gasteiger partial charge in [-0.25, -0.2) is 4.79 Å². The Hall–Kier alpha value is -1.87. The van der Waals surface area contributed by atoms with E-state index in [1.165, 1.54) is 0 Å². The van der Waals surface area contributed by atoms with E-state index >= 15 is 0 Å². The number of benzene rings is 1. The summed E-state index contributed by atoms with van der Waals surface area (Å²) in [4.78, 5) is 15.6. The van der Waals surface area contributed by atoms with Crippen LogP contribution < -0.4 is 0 Å². The van der Waals surface area contributed by atoms with Crippen molar-refractivity contribution in [3.8, 4) is 11.3 Å². The highest BCUT2D eigenvalue weighted by atomic mass is 35.5. The molecule has 0 bridgehead atoms. The van der Waals surface area contributed by atoms with Crippen LogP contribution in [0.1, 0.15) is 35.8 Å². The summed E-state index contributed by atoms with van der Waals surface area (Å²) < 4.78 is 0. The topological polar surface area (TPSA) is 50.2 Å². The second-order valence-corrected chi connectivity index (χ2v) is 4.98. The Kier molecular flexibility index (Phi) is 3.86. The Morgan fingerprint density at radius 3 is 2.47 bits per heavy atom. The molecule has 0 saturated heterocycles. The molecule has 2 aromatic rings. The third-order valence-electron chi connectivity index (χ3n) is 2.85. The Morgan fingerprint density at radius 1 is 1.21 bits per heavy atom. The number of nitrogens with zero attached hydrogens (tertiary/aromatic N) is 1. The van der Waals surface area contributed by atoms with Crippen LogP contribution in [0.25, 0.3) is 11.3 Å². The number of aromatic carboxylic acids is 1. The van der Waals surface area contributed by atoms with Crippen molar-refractivity contribution < 1.29 is 9.90 Å². The van der Waals surface area contributed by atoms with E-state index in [0.717, 1.165) is 5.56 Å². The van der Waals surface area contributed by atoms with Crippen LogP contribution in [0.3, 0.4) is 0 Å². The molecule has 1 N–H and O–H groups in total. The molecule has 0 aliphatic heterocycles. The van der Waals surface area contributed by atoms with Crippen molar-refractivity contribution in [1.29, 1.82) is 0 Å². The molecule has 19 heavy (non-hydrogen) atoms. The van der Waals surface area contributed by atoms with Crippen LogP contribution >= 0.6 is 11.6 Å². The van der Waals surface area contributed by atoms with E-state index in [0.29, 0.717) is 16.4 Å². The summed E-state index contributed by atoms with van der Waals surface area (Å²) in [5, 5.41) is 9.77. The molecule has 0 radical (unpaired) electrons. The van der Waals surface area contributed by atoms with E-state index in [4.69, 9.17) is 16.7 Å². The Labute approximate surface area is 116 Å². The van der Waals surface area contributed by atoms with Gasteiger partial charge >= 0.3 is 5.97 Å². The van der Waals surface area contributed by atoms with Gasteiger partial charge < -0.3 is 5.11 Å². The smallest absolute Gasteiger partial charge is 0.337 e. The van der Waals surface area contributed by atoms with Crippen LogP contribution in [0.2, 0.25) is 5.02 Å². The van der Waals surface area contributed by atoms with Crippen LogP contribution in [0.15, 0.2) is 36.4 Å². The number of carbonyl (C=O) groups is 1. The molecule has 98 valence electrons. The molecule has 0 amide bonds. The molecule has 1 heterocycles. The molecule has 4 heteroatoms. The number of pyridine rings is 1. The van der Waals surface area contributed by atoms with Crippen molar-refractivity contribution in [2.75, 3.05) is 0 Å². The first-order valence-corrected chi connectivity index (χ1v) is 6.37. The molecule has 2 rings (SSSR count). The largest absolute Gasteiger partial charge is 0.478 e. The standard InChI is InChI=1S/C15H14ClNO2/c1-9(2)14-11(15(18)19)7-8-13(17-14)10-5-3-4-6-12(10)16/h3-9H,1-2H3,(H,18,19). The van der Waals surface area contributed by atoms with Gasteiger partial charge in [0.1, 0.15) is 0 Å². The average molecular weight is 276 g/mol. The van der Waals surface area contributed by atoms with Crippen LogP contribution in [0, 0.1) is 0 Å². The zero-order chi connectivity index (χ0) is 14.0. The van der Waals surface area contributed by atoms with Gasteiger partial charge in [-0.05, 0) is 24.1 Å². The quantitative estimate of drug-likeness (QED) is 0.912. The molecular formula is C15H14ClNO2. The first-order chi connectivity index (χ1) is 9.00. The third kappa shape index (κ3) is 2.76. The van der Waals surface area contributed by atoms with Gasteiger partial charge in [-0.3, -0.25) is 4.98 Å². The highest BCUT2D eigenvalue weighted by Crippen LogP contribution is 2.28. The fraction of sp³-hybridized carbons (Fsp3) is 0.200. The molecule has 0 unspecified atom stereocenters. The van der Waals surface area contributed by atoms with Crippen molar-refractivity contribution in [1.82, 2.24) is 4.98 Å². The van der Waals surface area contributed by atoms with Gasteiger partial charge in [-0.15, -0.1) is 0 Å². The number of carboxylic acids is 1. The lowest BCUT2D eigenvalue weighted by molar-refractivity contribution is 0.0694. The van der Waals surface area contributed by atoms with Gasteiger partial charge in [0.25, 0.3) is 0 Å². The number of hydrogen-bond donors (Lipinski definition) is 1. The van der Waals surface area contributed by atoms with Crippen molar-refractivity contribution in [2.45, 2.75) is 19.8 Å². The molecule has 0 saturated carbocycles. The van der Waals surface area contributed by atoms with Gasteiger partial charge in [-0.1, -0.05) is 43.6 Å². The first-order valence-electron chi connectivity index (χ1n) is 6.00. The fourth-order valence-electron chi connectivity index (χ4n) is 1.91. The number of halogens is 1. The Balaban J connectivity index is 2.59. The van der Waals surface area contributed by atoms with E-state index < -0.39 is 5.97 Å². The number of rotatable bonds is 3. The summed E-state index contributed by atoms with van der Waals surface area (Å²) in [7, 11) is 0. The lowest BCUT2D eigenvalue weighted by Gasteiger charge is -2.11. The summed E-state index contributed by atoms with van der Waals surface area (Å²) in [6.45, 7) is 3.84. The Morgan fingerprint density at radius 2 is 1.89 bits per heavy atom. The van der Waals surface area contributed by atoms with Gasteiger partial charge in [-0.2, -0.15) is 0 Å². The Bertz CT molecular complexity index is 623. The van der Waals surface area contributed by atoms with E-state index in [2.05, 4.69) is 4.98 Å². The predicted octanol–water partition coefficient (Wildman–Crippen LogP) is 4.22. The highest BCUT2D eigenvalue weighted by molar-refractivity contribution is 6.33. The molecule has 0 spiro atoms. The lowest BCUT2D eigenvalue weighted by Crippen LogP contribution is -2.07. The maximum Gasteiger partial charge on any atom is 0.337 e. The minimum atomic E-state index is -0.957. The van der Waals surface area contributed by atoms with Crippen molar-refractivity contribution >= 4 is 17.6 Å². The predicted molar refractivity (Wildman–Crippen MR) is 75.7 cm³/mol. The van der Waals surface area contributed by atoms with Crippen molar-refractivity contribution in [3.63, 3.8) is 0 Å². The van der Waals surface area contributed by atoms with Crippen LogP contribution in [-0.2, 0) is 0 Å². The van der Waals surface area contributed by atoms with Gasteiger partial charge in [0, 0.05) is 10.6 Å². The molecule has 1 aromatic heterocycles. The number of hydrogen-bond acceptors (Lipinski definition) is 2. The molecule has 3 nitrogen and oxygen atoms in total. The molecule has 0 fully saturated rings. The van der Waals surface area contributed by atoms with Crippen LogP contribution in [0.4, 0.5) is 0 Å². The van der Waals surface area contributed by atoms with Gasteiger partial charge in [0.05, 0.1) is 17.0 Å². The highest BCUT2D eigenvalue weighted by Gasteiger charge is 2.16. The maximum atomic E-state index is 11.2. The normalized spacial score (nSPS) is 10.7. The maximum absolute atomic E-state index is 11.2. The molecule has 1 aromatic carbocycles.